The Hall–Kier alpha value is -0.820. The molecule has 0 bridgehead atoms. The van der Waals surface area contributed by atoms with Gasteiger partial charge in [-0.25, -0.2) is 0 Å². The Balaban J connectivity index is 1.93. The minimum absolute atomic E-state index is 0.596. The SMILES string of the molecule is Cc1cccc(C2CNCCC23CCC(C)C3)c1. The summed E-state index contributed by atoms with van der Waals surface area (Å²) in [5.74, 6) is 1.66. The Morgan fingerprint density at radius 2 is 2.17 bits per heavy atom. The molecule has 0 amide bonds. The van der Waals surface area contributed by atoms with E-state index in [1.54, 1.807) is 5.56 Å². The summed E-state index contributed by atoms with van der Waals surface area (Å²) >= 11 is 0. The van der Waals surface area contributed by atoms with E-state index in [0.29, 0.717) is 5.41 Å². The van der Waals surface area contributed by atoms with E-state index in [9.17, 15) is 0 Å². The fourth-order valence-corrected chi connectivity index (χ4v) is 4.31. The predicted molar refractivity (Wildman–Crippen MR) is 76.9 cm³/mol. The second-order valence-electron chi connectivity index (χ2n) is 6.63. The van der Waals surface area contributed by atoms with Gasteiger partial charge in [0.25, 0.3) is 0 Å². The fourth-order valence-electron chi connectivity index (χ4n) is 4.31. The number of nitrogens with one attached hydrogen (secondary N) is 1. The zero-order chi connectivity index (χ0) is 12.6. The van der Waals surface area contributed by atoms with Crippen LogP contribution in [0, 0.1) is 18.3 Å². The van der Waals surface area contributed by atoms with Crippen molar-refractivity contribution in [2.45, 2.75) is 45.4 Å². The van der Waals surface area contributed by atoms with Gasteiger partial charge in [0.1, 0.15) is 0 Å². The Morgan fingerprint density at radius 3 is 2.89 bits per heavy atom. The fraction of sp³-hybridized carbons (Fsp3) is 0.647. The highest BCUT2D eigenvalue weighted by Gasteiger charge is 2.45. The molecule has 1 saturated carbocycles. The summed E-state index contributed by atoms with van der Waals surface area (Å²) in [5, 5.41) is 3.62. The van der Waals surface area contributed by atoms with Crippen LogP contribution in [0.2, 0.25) is 0 Å². The van der Waals surface area contributed by atoms with Gasteiger partial charge in [0, 0.05) is 12.5 Å². The van der Waals surface area contributed by atoms with E-state index >= 15 is 0 Å². The summed E-state index contributed by atoms with van der Waals surface area (Å²) in [4.78, 5) is 0. The molecule has 98 valence electrons. The molecule has 1 aliphatic carbocycles. The number of aryl methyl sites for hydroxylation is 1. The average Bonchev–Trinajstić information content (AvgIpc) is 2.72. The van der Waals surface area contributed by atoms with Crippen LogP contribution in [0.5, 0.6) is 0 Å². The Bertz CT molecular complexity index is 421. The molecule has 1 aliphatic heterocycles. The molecule has 0 aromatic heterocycles. The van der Waals surface area contributed by atoms with Crippen molar-refractivity contribution in [3.8, 4) is 0 Å². The number of hydrogen-bond acceptors (Lipinski definition) is 1. The first-order chi connectivity index (χ1) is 8.70. The third kappa shape index (κ3) is 2.09. The summed E-state index contributed by atoms with van der Waals surface area (Å²) in [5.41, 5.74) is 3.56. The lowest BCUT2D eigenvalue weighted by molar-refractivity contribution is 0.164. The van der Waals surface area contributed by atoms with Gasteiger partial charge in [-0.3, -0.25) is 0 Å². The first-order valence-corrected chi connectivity index (χ1v) is 7.47. The molecule has 3 atom stereocenters. The number of hydrogen-bond donors (Lipinski definition) is 1. The van der Waals surface area contributed by atoms with Crippen molar-refractivity contribution in [3.63, 3.8) is 0 Å². The first-order valence-electron chi connectivity index (χ1n) is 7.47. The minimum atomic E-state index is 0.596. The van der Waals surface area contributed by atoms with Gasteiger partial charge in [-0.05, 0) is 49.6 Å². The van der Waals surface area contributed by atoms with Gasteiger partial charge in [-0.15, -0.1) is 0 Å². The molecule has 1 saturated heterocycles. The Morgan fingerprint density at radius 1 is 1.28 bits per heavy atom. The third-order valence-corrected chi connectivity index (χ3v) is 5.22. The zero-order valence-corrected chi connectivity index (χ0v) is 11.7. The van der Waals surface area contributed by atoms with Crippen LogP contribution in [0.3, 0.4) is 0 Å². The van der Waals surface area contributed by atoms with Crippen molar-refractivity contribution in [1.82, 2.24) is 5.32 Å². The highest BCUT2D eigenvalue weighted by Crippen LogP contribution is 2.54. The Labute approximate surface area is 111 Å². The maximum Gasteiger partial charge on any atom is 0.00255 e. The minimum Gasteiger partial charge on any atom is -0.316 e. The summed E-state index contributed by atoms with van der Waals surface area (Å²) in [6.07, 6.45) is 5.68. The van der Waals surface area contributed by atoms with E-state index in [-0.39, 0.29) is 0 Å². The summed E-state index contributed by atoms with van der Waals surface area (Å²) in [7, 11) is 0. The van der Waals surface area contributed by atoms with Gasteiger partial charge in [0.2, 0.25) is 0 Å². The van der Waals surface area contributed by atoms with Crippen LogP contribution in [-0.2, 0) is 0 Å². The molecule has 1 heteroatoms. The average molecular weight is 243 g/mol. The standard InChI is InChI=1S/C17H25N/c1-13-4-3-5-15(10-13)16-12-18-9-8-17(16)7-6-14(2)11-17/h3-5,10,14,16,18H,6-9,11-12H2,1-2H3. The van der Waals surface area contributed by atoms with Gasteiger partial charge < -0.3 is 5.32 Å². The van der Waals surface area contributed by atoms with Crippen LogP contribution in [0.4, 0.5) is 0 Å². The van der Waals surface area contributed by atoms with Gasteiger partial charge in [0.05, 0.1) is 0 Å². The number of piperidine rings is 1. The van der Waals surface area contributed by atoms with Crippen molar-refractivity contribution >= 4 is 0 Å². The van der Waals surface area contributed by atoms with E-state index < -0.39 is 0 Å². The van der Waals surface area contributed by atoms with Crippen LogP contribution in [0.15, 0.2) is 24.3 Å². The van der Waals surface area contributed by atoms with Gasteiger partial charge in [0.15, 0.2) is 0 Å². The molecule has 1 heterocycles. The van der Waals surface area contributed by atoms with E-state index in [4.69, 9.17) is 0 Å². The maximum absolute atomic E-state index is 3.62. The molecule has 1 aromatic rings. The maximum atomic E-state index is 3.62. The number of benzene rings is 1. The van der Waals surface area contributed by atoms with Crippen LogP contribution in [0.25, 0.3) is 0 Å². The van der Waals surface area contributed by atoms with Gasteiger partial charge >= 0.3 is 0 Å². The lowest BCUT2D eigenvalue weighted by Crippen LogP contribution is -2.42. The van der Waals surface area contributed by atoms with Crippen LogP contribution < -0.4 is 5.32 Å². The largest absolute Gasteiger partial charge is 0.316 e. The van der Waals surface area contributed by atoms with Crippen LogP contribution >= 0.6 is 0 Å². The second kappa shape index (κ2) is 4.70. The smallest absolute Gasteiger partial charge is 0.00255 e. The summed E-state index contributed by atoms with van der Waals surface area (Å²) in [6.45, 7) is 7.04. The molecule has 0 radical (unpaired) electrons. The summed E-state index contributed by atoms with van der Waals surface area (Å²) in [6, 6.07) is 9.19. The van der Waals surface area contributed by atoms with Crippen molar-refractivity contribution in [3.05, 3.63) is 35.4 Å². The lowest BCUT2D eigenvalue weighted by Gasteiger charge is -2.42. The molecule has 2 fully saturated rings. The van der Waals surface area contributed by atoms with E-state index in [1.165, 1.54) is 44.3 Å². The highest BCUT2D eigenvalue weighted by atomic mass is 14.9. The quantitative estimate of drug-likeness (QED) is 0.789. The first kappa shape index (κ1) is 12.2. The molecular formula is C17H25N. The topological polar surface area (TPSA) is 12.0 Å². The van der Waals surface area contributed by atoms with Crippen molar-refractivity contribution in [1.29, 1.82) is 0 Å². The number of rotatable bonds is 1. The second-order valence-corrected chi connectivity index (χ2v) is 6.63. The Kier molecular flexibility index (Phi) is 3.19. The zero-order valence-electron chi connectivity index (χ0n) is 11.7. The van der Waals surface area contributed by atoms with Crippen molar-refractivity contribution in [2.24, 2.45) is 11.3 Å². The third-order valence-electron chi connectivity index (χ3n) is 5.22. The molecule has 1 nitrogen and oxygen atoms in total. The summed E-state index contributed by atoms with van der Waals surface area (Å²) < 4.78 is 0. The molecule has 2 aliphatic rings. The van der Waals surface area contributed by atoms with E-state index in [0.717, 1.165) is 11.8 Å². The highest BCUT2D eigenvalue weighted by molar-refractivity contribution is 5.29. The molecule has 1 N–H and O–H groups in total. The normalized spacial score (nSPS) is 36.1. The van der Waals surface area contributed by atoms with Crippen LogP contribution in [-0.4, -0.2) is 13.1 Å². The van der Waals surface area contributed by atoms with Gasteiger partial charge in [-0.2, -0.15) is 0 Å². The predicted octanol–water partition coefficient (Wildman–Crippen LogP) is 3.88. The van der Waals surface area contributed by atoms with Gasteiger partial charge in [-0.1, -0.05) is 43.2 Å². The lowest BCUT2D eigenvalue weighted by atomic mass is 9.66. The van der Waals surface area contributed by atoms with Crippen LogP contribution in [0.1, 0.15) is 49.7 Å². The van der Waals surface area contributed by atoms with Crippen molar-refractivity contribution < 1.29 is 0 Å². The molecule has 1 aromatic carbocycles. The van der Waals surface area contributed by atoms with E-state index in [2.05, 4.69) is 43.4 Å². The monoisotopic (exact) mass is 243 g/mol. The molecule has 18 heavy (non-hydrogen) atoms. The van der Waals surface area contributed by atoms with Crippen molar-refractivity contribution in [2.75, 3.05) is 13.1 Å². The molecule has 3 unspecified atom stereocenters. The molecule has 1 spiro atoms. The molecule has 3 rings (SSSR count). The molecular weight excluding hydrogens is 218 g/mol. The van der Waals surface area contributed by atoms with E-state index in [1.807, 2.05) is 0 Å².